The van der Waals surface area contributed by atoms with Gasteiger partial charge >= 0.3 is 5.63 Å². The number of halogens is 2. The SMILES string of the molecule is Cl.O=C(c1cc2cc(Cl)ccc2oc1=O)N1C[C@@H]2NCCO[C@H]2C1. The molecule has 0 unspecified atom stereocenters. The van der Waals surface area contributed by atoms with Crippen molar-refractivity contribution < 1.29 is 13.9 Å². The summed E-state index contributed by atoms with van der Waals surface area (Å²) in [4.78, 5) is 26.5. The van der Waals surface area contributed by atoms with Crippen LogP contribution in [0, 0.1) is 0 Å². The summed E-state index contributed by atoms with van der Waals surface area (Å²) in [5, 5.41) is 4.48. The summed E-state index contributed by atoms with van der Waals surface area (Å²) in [6.07, 6.45) is -0.0189. The number of carbonyl (C=O) groups excluding carboxylic acids is 1. The number of ether oxygens (including phenoxy) is 1. The highest BCUT2D eigenvalue weighted by molar-refractivity contribution is 6.31. The first-order valence-electron chi connectivity index (χ1n) is 7.49. The topological polar surface area (TPSA) is 71.8 Å². The summed E-state index contributed by atoms with van der Waals surface area (Å²) < 4.78 is 10.9. The summed E-state index contributed by atoms with van der Waals surface area (Å²) in [6, 6.07) is 6.60. The van der Waals surface area contributed by atoms with Gasteiger partial charge in [-0.3, -0.25) is 4.79 Å². The van der Waals surface area contributed by atoms with E-state index in [1.807, 2.05) is 0 Å². The van der Waals surface area contributed by atoms with Crippen LogP contribution in [0.5, 0.6) is 0 Å². The Morgan fingerprint density at radius 2 is 2.12 bits per heavy atom. The Balaban J connectivity index is 0.00000169. The van der Waals surface area contributed by atoms with Crippen LogP contribution >= 0.6 is 24.0 Å². The minimum Gasteiger partial charge on any atom is -0.422 e. The second-order valence-corrected chi connectivity index (χ2v) is 6.25. The molecule has 3 heterocycles. The standard InChI is InChI=1S/C16H15ClN2O4.ClH/c17-10-1-2-13-9(5-10)6-11(16(21)23-13)15(20)19-7-12-14(8-19)22-4-3-18-12;/h1-2,5-6,12,14,18H,3-4,7-8H2;1H/t12-,14-;/m0./s1. The number of carbonyl (C=O) groups is 1. The number of benzene rings is 1. The number of morpholine rings is 1. The first-order valence-corrected chi connectivity index (χ1v) is 7.87. The van der Waals surface area contributed by atoms with Gasteiger partial charge in [0.2, 0.25) is 0 Å². The van der Waals surface area contributed by atoms with Gasteiger partial charge in [0.05, 0.1) is 18.8 Å². The van der Waals surface area contributed by atoms with E-state index in [0.717, 1.165) is 6.54 Å². The van der Waals surface area contributed by atoms with Crippen LogP contribution in [-0.4, -0.2) is 49.2 Å². The molecule has 2 aliphatic rings. The third kappa shape index (κ3) is 3.02. The largest absolute Gasteiger partial charge is 0.422 e. The minimum absolute atomic E-state index is 0. The van der Waals surface area contributed by atoms with Crippen LogP contribution in [0.4, 0.5) is 0 Å². The fraction of sp³-hybridized carbons (Fsp3) is 0.375. The van der Waals surface area contributed by atoms with Crippen molar-refractivity contribution in [2.75, 3.05) is 26.2 Å². The van der Waals surface area contributed by atoms with Gasteiger partial charge in [-0.2, -0.15) is 0 Å². The molecule has 0 spiro atoms. The van der Waals surface area contributed by atoms with Gasteiger partial charge in [0, 0.05) is 30.0 Å². The second-order valence-electron chi connectivity index (χ2n) is 5.81. The number of fused-ring (bicyclic) bond motifs is 2. The highest BCUT2D eigenvalue weighted by atomic mass is 35.5. The zero-order valence-corrected chi connectivity index (χ0v) is 14.2. The normalized spacial score (nSPS) is 23.0. The van der Waals surface area contributed by atoms with Gasteiger partial charge in [0.1, 0.15) is 11.1 Å². The summed E-state index contributed by atoms with van der Waals surface area (Å²) in [6.45, 7) is 2.42. The fourth-order valence-corrected chi connectivity index (χ4v) is 3.35. The summed E-state index contributed by atoms with van der Waals surface area (Å²) >= 11 is 5.96. The number of hydrogen-bond donors (Lipinski definition) is 1. The van der Waals surface area contributed by atoms with Crippen LogP contribution in [0.15, 0.2) is 33.5 Å². The molecule has 2 saturated heterocycles. The summed E-state index contributed by atoms with van der Waals surface area (Å²) in [5.41, 5.74) is -0.192. The van der Waals surface area contributed by atoms with Crippen molar-refractivity contribution in [3.05, 3.63) is 45.3 Å². The van der Waals surface area contributed by atoms with Gasteiger partial charge in [0.25, 0.3) is 5.91 Å². The van der Waals surface area contributed by atoms with Crippen LogP contribution in [-0.2, 0) is 4.74 Å². The van der Waals surface area contributed by atoms with Crippen molar-refractivity contribution in [3.63, 3.8) is 0 Å². The average Bonchev–Trinajstić information content (AvgIpc) is 2.98. The van der Waals surface area contributed by atoms with E-state index >= 15 is 0 Å². The lowest BCUT2D eigenvalue weighted by atomic mass is 10.1. The van der Waals surface area contributed by atoms with E-state index in [0.29, 0.717) is 35.7 Å². The minimum atomic E-state index is -0.631. The quantitative estimate of drug-likeness (QED) is 0.773. The molecule has 1 amide bonds. The van der Waals surface area contributed by atoms with E-state index in [-0.39, 0.29) is 36.0 Å². The van der Waals surface area contributed by atoms with Crippen LogP contribution < -0.4 is 10.9 Å². The summed E-state index contributed by atoms with van der Waals surface area (Å²) in [7, 11) is 0. The third-order valence-electron chi connectivity index (χ3n) is 4.32. The molecule has 0 saturated carbocycles. The Bertz CT molecular complexity index is 824. The van der Waals surface area contributed by atoms with Crippen molar-refractivity contribution in [1.82, 2.24) is 10.2 Å². The molecule has 1 aromatic carbocycles. The predicted molar refractivity (Wildman–Crippen MR) is 92.2 cm³/mol. The molecule has 2 atom stereocenters. The number of nitrogens with zero attached hydrogens (tertiary/aromatic N) is 1. The molecule has 2 aromatic rings. The van der Waals surface area contributed by atoms with E-state index in [4.69, 9.17) is 20.8 Å². The lowest BCUT2D eigenvalue weighted by Gasteiger charge is -2.25. The van der Waals surface area contributed by atoms with Crippen molar-refractivity contribution >= 4 is 40.9 Å². The third-order valence-corrected chi connectivity index (χ3v) is 4.55. The Morgan fingerprint density at radius 3 is 2.92 bits per heavy atom. The second kappa shape index (κ2) is 6.72. The van der Waals surface area contributed by atoms with Gasteiger partial charge in [-0.1, -0.05) is 11.6 Å². The maximum Gasteiger partial charge on any atom is 0.349 e. The molecule has 0 bridgehead atoms. The van der Waals surface area contributed by atoms with Crippen LogP contribution in [0.2, 0.25) is 5.02 Å². The van der Waals surface area contributed by atoms with Crippen LogP contribution in [0.3, 0.4) is 0 Å². The lowest BCUT2D eigenvalue weighted by Crippen LogP contribution is -2.47. The molecule has 0 radical (unpaired) electrons. The van der Waals surface area contributed by atoms with Crippen LogP contribution in [0.1, 0.15) is 10.4 Å². The molecule has 2 fully saturated rings. The molecule has 1 N–H and O–H groups in total. The molecule has 4 rings (SSSR count). The molecular weight excluding hydrogens is 355 g/mol. The van der Waals surface area contributed by atoms with Crippen molar-refractivity contribution in [2.45, 2.75) is 12.1 Å². The molecule has 24 heavy (non-hydrogen) atoms. The Morgan fingerprint density at radius 1 is 1.29 bits per heavy atom. The number of rotatable bonds is 1. The first-order chi connectivity index (χ1) is 11.1. The molecule has 6 nitrogen and oxygen atoms in total. The number of hydrogen-bond acceptors (Lipinski definition) is 5. The molecular formula is C16H16Cl2N2O4. The van der Waals surface area contributed by atoms with E-state index < -0.39 is 5.63 Å². The van der Waals surface area contributed by atoms with Gasteiger partial charge in [-0.25, -0.2) is 4.79 Å². The fourth-order valence-electron chi connectivity index (χ4n) is 3.17. The van der Waals surface area contributed by atoms with E-state index in [1.165, 1.54) is 0 Å². The van der Waals surface area contributed by atoms with Gasteiger partial charge < -0.3 is 19.4 Å². The number of likely N-dealkylation sites (tertiary alicyclic amines) is 1. The molecule has 0 aliphatic carbocycles. The smallest absolute Gasteiger partial charge is 0.349 e. The Labute approximate surface area is 149 Å². The highest BCUT2D eigenvalue weighted by Gasteiger charge is 2.38. The van der Waals surface area contributed by atoms with Crippen LogP contribution in [0.25, 0.3) is 11.0 Å². The van der Waals surface area contributed by atoms with Gasteiger partial charge in [-0.05, 0) is 24.3 Å². The zero-order chi connectivity index (χ0) is 16.0. The highest BCUT2D eigenvalue weighted by Crippen LogP contribution is 2.21. The van der Waals surface area contributed by atoms with Crippen molar-refractivity contribution in [1.29, 1.82) is 0 Å². The molecule has 128 valence electrons. The Hall–Kier alpha value is -1.60. The maximum absolute atomic E-state index is 12.7. The predicted octanol–water partition coefficient (Wildman–Crippen LogP) is 1.68. The lowest BCUT2D eigenvalue weighted by molar-refractivity contribution is 0.0176. The molecule has 8 heteroatoms. The molecule has 1 aromatic heterocycles. The van der Waals surface area contributed by atoms with E-state index in [1.54, 1.807) is 29.2 Å². The van der Waals surface area contributed by atoms with Crippen molar-refractivity contribution in [2.24, 2.45) is 0 Å². The first kappa shape index (κ1) is 17.2. The van der Waals surface area contributed by atoms with E-state index in [9.17, 15) is 9.59 Å². The monoisotopic (exact) mass is 370 g/mol. The summed E-state index contributed by atoms with van der Waals surface area (Å²) in [5.74, 6) is -0.333. The maximum atomic E-state index is 12.7. The Kier molecular flexibility index (Phi) is 4.83. The van der Waals surface area contributed by atoms with Gasteiger partial charge in [-0.15, -0.1) is 12.4 Å². The van der Waals surface area contributed by atoms with Gasteiger partial charge in [0.15, 0.2) is 0 Å². The van der Waals surface area contributed by atoms with E-state index in [2.05, 4.69) is 5.32 Å². The molecule has 2 aliphatic heterocycles. The number of nitrogens with one attached hydrogen (secondary N) is 1. The number of amides is 1. The zero-order valence-electron chi connectivity index (χ0n) is 12.7. The van der Waals surface area contributed by atoms with Crippen molar-refractivity contribution in [3.8, 4) is 0 Å². The average molecular weight is 371 g/mol.